The fraction of sp³-hybridized carbons (Fsp3) is 0.222. The molecule has 3 heterocycles. The minimum atomic E-state index is -0.134. The minimum absolute atomic E-state index is 0.0893. The third-order valence-corrected chi connectivity index (χ3v) is 5.38. The molecule has 0 saturated carbocycles. The van der Waals surface area contributed by atoms with Crippen molar-refractivity contribution in [3.63, 3.8) is 0 Å². The molecule has 0 aliphatic heterocycles. The number of H-pyrrole nitrogens is 1. The molecule has 0 saturated heterocycles. The third-order valence-electron chi connectivity index (χ3n) is 4.23. The van der Waals surface area contributed by atoms with E-state index in [2.05, 4.69) is 20.2 Å². The Morgan fingerprint density at radius 1 is 1.23 bits per heavy atom. The Labute approximate surface area is 153 Å². The van der Waals surface area contributed by atoms with Gasteiger partial charge in [-0.3, -0.25) is 4.79 Å². The van der Waals surface area contributed by atoms with E-state index in [1.165, 1.54) is 11.8 Å². The van der Waals surface area contributed by atoms with Gasteiger partial charge in [-0.1, -0.05) is 23.9 Å². The van der Waals surface area contributed by atoms with Crippen LogP contribution in [-0.4, -0.2) is 24.7 Å². The van der Waals surface area contributed by atoms with Gasteiger partial charge >= 0.3 is 0 Å². The molecular weight excluding hydrogens is 350 g/mol. The highest BCUT2D eigenvalue weighted by Crippen LogP contribution is 2.33. The summed E-state index contributed by atoms with van der Waals surface area (Å²) in [5.74, 6) is 2.15. The van der Waals surface area contributed by atoms with Gasteiger partial charge in [0.2, 0.25) is 0 Å². The zero-order valence-electron chi connectivity index (χ0n) is 14.6. The normalized spacial score (nSPS) is 12.6. The average molecular weight is 367 g/mol. The Morgan fingerprint density at radius 2 is 2.04 bits per heavy atom. The van der Waals surface area contributed by atoms with Gasteiger partial charge in [0.25, 0.3) is 5.56 Å². The Morgan fingerprint density at radius 3 is 2.81 bits per heavy atom. The average Bonchev–Trinajstić information content (AvgIpc) is 3.21. The molecule has 3 aromatic heterocycles. The second-order valence-electron chi connectivity index (χ2n) is 5.98. The summed E-state index contributed by atoms with van der Waals surface area (Å²) in [7, 11) is 1.91. The standard InChI is InChI=1S/C18H17N5O2S/c1-10-12(8-9-25-10)16-21-22-18(23(16)3)26-11(2)15-19-14-7-5-4-6-13(14)17(24)20-15/h4-9,11H,1-3H3,(H,19,20,24)/t11-/m0/s1. The fourth-order valence-corrected chi connectivity index (χ4v) is 3.65. The molecule has 0 aliphatic carbocycles. The lowest BCUT2D eigenvalue weighted by molar-refractivity contribution is 0.534. The third kappa shape index (κ3) is 2.82. The highest BCUT2D eigenvalue weighted by molar-refractivity contribution is 7.99. The number of para-hydroxylation sites is 1. The van der Waals surface area contributed by atoms with E-state index in [9.17, 15) is 4.79 Å². The number of benzene rings is 1. The minimum Gasteiger partial charge on any atom is -0.469 e. The zero-order valence-corrected chi connectivity index (χ0v) is 15.4. The van der Waals surface area contributed by atoms with Crippen LogP contribution in [0.15, 0.2) is 51.0 Å². The van der Waals surface area contributed by atoms with Gasteiger partial charge in [-0.15, -0.1) is 10.2 Å². The van der Waals surface area contributed by atoms with Crippen LogP contribution in [0.4, 0.5) is 0 Å². The zero-order chi connectivity index (χ0) is 18.3. The molecule has 0 spiro atoms. The molecule has 1 atom stereocenters. The maximum absolute atomic E-state index is 12.3. The molecule has 7 nitrogen and oxygen atoms in total. The van der Waals surface area contributed by atoms with Crippen LogP contribution >= 0.6 is 11.8 Å². The second kappa shape index (κ2) is 6.45. The molecule has 1 aromatic carbocycles. The molecule has 4 rings (SSSR count). The molecule has 0 amide bonds. The smallest absolute Gasteiger partial charge is 0.258 e. The van der Waals surface area contributed by atoms with Gasteiger partial charge in [0.05, 0.1) is 28.0 Å². The van der Waals surface area contributed by atoms with Crippen LogP contribution in [-0.2, 0) is 7.05 Å². The monoisotopic (exact) mass is 367 g/mol. The number of nitrogens with one attached hydrogen (secondary N) is 1. The van der Waals surface area contributed by atoms with Crippen LogP contribution in [0.5, 0.6) is 0 Å². The van der Waals surface area contributed by atoms with E-state index < -0.39 is 0 Å². The first-order chi connectivity index (χ1) is 12.5. The predicted molar refractivity (Wildman–Crippen MR) is 100 cm³/mol. The summed E-state index contributed by atoms with van der Waals surface area (Å²) < 4.78 is 7.26. The van der Waals surface area contributed by atoms with E-state index >= 15 is 0 Å². The summed E-state index contributed by atoms with van der Waals surface area (Å²) in [5.41, 5.74) is 1.47. The molecule has 26 heavy (non-hydrogen) atoms. The molecule has 8 heteroatoms. The molecule has 0 radical (unpaired) electrons. The maximum atomic E-state index is 12.3. The van der Waals surface area contributed by atoms with Crippen LogP contribution < -0.4 is 5.56 Å². The van der Waals surface area contributed by atoms with Crippen LogP contribution in [0.3, 0.4) is 0 Å². The van der Waals surface area contributed by atoms with Crippen molar-refractivity contribution in [2.45, 2.75) is 24.3 Å². The topological polar surface area (TPSA) is 89.6 Å². The fourth-order valence-electron chi connectivity index (χ4n) is 2.78. The van der Waals surface area contributed by atoms with Crippen molar-refractivity contribution in [2.75, 3.05) is 0 Å². The maximum Gasteiger partial charge on any atom is 0.258 e. The lowest BCUT2D eigenvalue weighted by Crippen LogP contribution is -2.13. The molecule has 0 unspecified atom stereocenters. The van der Waals surface area contributed by atoms with Gasteiger partial charge in [0.1, 0.15) is 11.6 Å². The van der Waals surface area contributed by atoms with Crippen molar-refractivity contribution in [1.29, 1.82) is 0 Å². The number of aromatic nitrogens is 5. The van der Waals surface area contributed by atoms with Crippen LogP contribution in [0.1, 0.15) is 23.8 Å². The molecule has 4 aromatic rings. The van der Waals surface area contributed by atoms with Crippen LogP contribution in [0.2, 0.25) is 0 Å². The van der Waals surface area contributed by atoms with E-state index in [0.29, 0.717) is 16.7 Å². The van der Waals surface area contributed by atoms with Gasteiger partial charge in [-0.2, -0.15) is 0 Å². The first-order valence-corrected chi connectivity index (χ1v) is 9.02. The summed E-state index contributed by atoms with van der Waals surface area (Å²) in [6.45, 7) is 3.87. The van der Waals surface area contributed by atoms with Crippen LogP contribution in [0, 0.1) is 6.92 Å². The Balaban J connectivity index is 1.65. The van der Waals surface area contributed by atoms with Crippen molar-refractivity contribution >= 4 is 22.7 Å². The molecule has 0 bridgehead atoms. The van der Waals surface area contributed by atoms with Gasteiger partial charge in [0, 0.05) is 7.05 Å². The Kier molecular flexibility index (Phi) is 4.12. The summed E-state index contributed by atoms with van der Waals surface area (Å²) in [6, 6.07) is 9.19. The van der Waals surface area contributed by atoms with Crippen molar-refractivity contribution in [3.05, 3.63) is 58.5 Å². The lowest BCUT2D eigenvalue weighted by atomic mass is 10.2. The highest BCUT2D eigenvalue weighted by Gasteiger charge is 2.19. The van der Waals surface area contributed by atoms with Crippen molar-refractivity contribution in [2.24, 2.45) is 7.05 Å². The summed E-state index contributed by atoms with van der Waals surface area (Å²) in [6.07, 6.45) is 1.64. The van der Waals surface area contributed by atoms with Crippen molar-refractivity contribution < 1.29 is 4.42 Å². The van der Waals surface area contributed by atoms with Gasteiger partial charge < -0.3 is 14.0 Å². The van der Waals surface area contributed by atoms with Crippen molar-refractivity contribution in [1.82, 2.24) is 24.7 Å². The van der Waals surface area contributed by atoms with Crippen molar-refractivity contribution in [3.8, 4) is 11.4 Å². The number of nitrogens with zero attached hydrogens (tertiary/aromatic N) is 4. The predicted octanol–water partition coefficient (Wildman–Crippen LogP) is 3.47. The molecule has 1 N–H and O–H groups in total. The molecular formula is C18H17N5O2S. The first kappa shape index (κ1) is 16.6. The number of hydrogen-bond acceptors (Lipinski definition) is 6. The van der Waals surface area contributed by atoms with E-state index in [1.54, 1.807) is 12.3 Å². The SMILES string of the molecule is Cc1occc1-c1nnc(S[C@@H](C)c2nc3ccccc3c(=O)[nH]2)n1C. The number of fused-ring (bicyclic) bond motifs is 1. The lowest BCUT2D eigenvalue weighted by Gasteiger charge is -2.11. The first-order valence-electron chi connectivity index (χ1n) is 8.14. The van der Waals surface area contributed by atoms with E-state index in [1.807, 2.05) is 49.7 Å². The van der Waals surface area contributed by atoms with Gasteiger partial charge in [0.15, 0.2) is 11.0 Å². The number of aromatic amines is 1. The second-order valence-corrected chi connectivity index (χ2v) is 7.29. The van der Waals surface area contributed by atoms with Gasteiger partial charge in [-0.05, 0) is 32.0 Å². The van der Waals surface area contributed by atoms with Gasteiger partial charge in [-0.25, -0.2) is 4.98 Å². The number of furan rings is 1. The largest absolute Gasteiger partial charge is 0.469 e. The number of aryl methyl sites for hydroxylation is 1. The quantitative estimate of drug-likeness (QED) is 0.556. The number of thioether (sulfide) groups is 1. The Hall–Kier alpha value is -2.87. The highest BCUT2D eigenvalue weighted by atomic mass is 32.2. The molecule has 132 valence electrons. The molecule has 0 fully saturated rings. The number of hydrogen-bond donors (Lipinski definition) is 1. The Bertz CT molecular complexity index is 1140. The molecule has 0 aliphatic rings. The van der Waals surface area contributed by atoms with E-state index in [4.69, 9.17) is 4.42 Å². The summed E-state index contributed by atoms with van der Waals surface area (Å²) in [5, 5.41) is 9.79. The summed E-state index contributed by atoms with van der Waals surface area (Å²) in [4.78, 5) is 19.7. The number of rotatable bonds is 4. The van der Waals surface area contributed by atoms with E-state index in [-0.39, 0.29) is 10.8 Å². The van der Waals surface area contributed by atoms with Crippen LogP contribution in [0.25, 0.3) is 22.3 Å². The van der Waals surface area contributed by atoms with E-state index in [0.717, 1.165) is 22.3 Å². The summed E-state index contributed by atoms with van der Waals surface area (Å²) >= 11 is 1.49.